The van der Waals surface area contributed by atoms with Crippen molar-refractivity contribution >= 4 is 5.91 Å². The molecule has 3 aromatic carbocycles. The largest absolute Gasteiger partial charge is 0.493 e. The number of fused-ring (bicyclic) bond motifs is 1. The molecule has 0 N–H and O–H groups in total. The van der Waals surface area contributed by atoms with Crippen molar-refractivity contribution in [1.82, 2.24) is 10.1 Å². The molecule has 0 fully saturated rings. The minimum Gasteiger partial charge on any atom is -0.493 e. The second kappa shape index (κ2) is 9.83. The molecule has 1 aliphatic rings. The van der Waals surface area contributed by atoms with Crippen LogP contribution < -0.4 is 9.47 Å². The van der Waals surface area contributed by atoms with E-state index in [2.05, 4.69) is 29.4 Å². The average molecular weight is 455 g/mol. The number of hydrogen-bond acceptors (Lipinski definition) is 5. The first-order valence-electron chi connectivity index (χ1n) is 11.4. The SMILES string of the molecule is COc1cccc2c1OCCCN(C(=O)c1cc(C(c3ccccc3)c3ccccc3)no1)C2. The van der Waals surface area contributed by atoms with Crippen molar-refractivity contribution < 1.29 is 18.8 Å². The Balaban J connectivity index is 1.45. The van der Waals surface area contributed by atoms with Crippen LogP contribution in [0.3, 0.4) is 0 Å². The number of methoxy groups -OCH3 is 1. The van der Waals surface area contributed by atoms with Crippen molar-refractivity contribution in [2.75, 3.05) is 20.3 Å². The minimum absolute atomic E-state index is 0.126. The molecule has 1 aliphatic heterocycles. The van der Waals surface area contributed by atoms with E-state index in [1.807, 2.05) is 54.6 Å². The summed E-state index contributed by atoms with van der Waals surface area (Å²) in [5, 5.41) is 4.33. The van der Waals surface area contributed by atoms with Crippen LogP contribution in [0.5, 0.6) is 11.5 Å². The molecule has 172 valence electrons. The quantitative estimate of drug-likeness (QED) is 0.410. The third-order valence-electron chi connectivity index (χ3n) is 6.05. The predicted molar refractivity (Wildman–Crippen MR) is 128 cm³/mol. The molecule has 0 spiro atoms. The summed E-state index contributed by atoms with van der Waals surface area (Å²) in [7, 11) is 1.62. The molecule has 0 atom stereocenters. The number of carbonyl (C=O) groups is 1. The van der Waals surface area contributed by atoms with E-state index in [-0.39, 0.29) is 17.6 Å². The molecule has 0 radical (unpaired) electrons. The van der Waals surface area contributed by atoms with Gasteiger partial charge in [0.2, 0.25) is 5.76 Å². The van der Waals surface area contributed by atoms with Gasteiger partial charge in [-0.2, -0.15) is 0 Å². The molecule has 0 bridgehead atoms. The summed E-state index contributed by atoms with van der Waals surface area (Å²) < 4.78 is 17.0. The molecule has 0 saturated heterocycles. The standard InChI is InChI=1S/C28H26N2O4/c1-32-24-15-8-14-22-19-30(16-9-17-33-27(22)24)28(31)25-18-23(29-34-25)26(20-10-4-2-5-11-20)21-12-6-3-7-13-21/h2-8,10-15,18,26H,9,16-17,19H2,1H3. The van der Waals surface area contributed by atoms with Gasteiger partial charge in [-0.05, 0) is 23.6 Å². The van der Waals surface area contributed by atoms with Gasteiger partial charge in [0.1, 0.15) is 0 Å². The maximum absolute atomic E-state index is 13.5. The summed E-state index contributed by atoms with van der Waals surface area (Å²) >= 11 is 0. The van der Waals surface area contributed by atoms with Crippen LogP contribution in [-0.2, 0) is 6.54 Å². The number of amides is 1. The van der Waals surface area contributed by atoms with Crippen molar-refractivity contribution in [3.05, 3.63) is 113 Å². The van der Waals surface area contributed by atoms with Gasteiger partial charge < -0.3 is 18.9 Å². The Morgan fingerprint density at radius 1 is 0.971 bits per heavy atom. The lowest BCUT2D eigenvalue weighted by molar-refractivity contribution is 0.0679. The summed E-state index contributed by atoms with van der Waals surface area (Å²) in [4.78, 5) is 15.2. The molecule has 6 nitrogen and oxygen atoms in total. The highest BCUT2D eigenvalue weighted by Gasteiger charge is 2.27. The monoisotopic (exact) mass is 454 g/mol. The molecular formula is C28H26N2O4. The molecular weight excluding hydrogens is 428 g/mol. The van der Waals surface area contributed by atoms with Crippen molar-refractivity contribution in [3.8, 4) is 11.5 Å². The van der Waals surface area contributed by atoms with E-state index >= 15 is 0 Å². The molecule has 5 rings (SSSR count). The molecule has 6 heteroatoms. The maximum atomic E-state index is 13.5. The fourth-order valence-corrected chi connectivity index (χ4v) is 4.40. The van der Waals surface area contributed by atoms with Crippen molar-refractivity contribution in [1.29, 1.82) is 0 Å². The van der Waals surface area contributed by atoms with Crippen molar-refractivity contribution in [2.24, 2.45) is 0 Å². The number of rotatable bonds is 5. The van der Waals surface area contributed by atoms with Crippen LogP contribution in [0.2, 0.25) is 0 Å². The maximum Gasteiger partial charge on any atom is 0.292 e. The van der Waals surface area contributed by atoms with E-state index in [0.717, 1.165) is 16.7 Å². The lowest BCUT2D eigenvalue weighted by atomic mass is 9.88. The van der Waals surface area contributed by atoms with Gasteiger partial charge in [-0.25, -0.2) is 0 Å². The Bertz CT molecular complexity index is 1210. The number of hydrogen-bond donors (Lipinski definition) is 0. The Morgan fingerprint density at radius 2 is 1.68 bits per heavy atom. The van der Waals surface area contributed by atoms with Crippen LogP contribution >= 0.6 is 0 Å². The van der Waals surface area contributed by atoms with Gasteiger partial charge >= 0.3 is 0 Å². The second-order valence-electron chi connectivity index (χ2n) is 8.25. The molecule has 2 heterocycles. The number of nitrogens with zero attached hydrogens (tertiary/aromatic N) is 2. The van der Waals surface area contributed by atoms with E-state index in [4.69, 9.17) is 14.0 Å². The van der Waals surface area contributed by atoms with Crippen LogP contribution in [0.25, 0.3) is 0 Å². The normalized spacial score (nSPS) is 13.5. The van der Waals surface area contributed by atoms with Gasteiger partial charge in [-0.1, -0.05) is 78.0 Å². The second-order valence-corrected chi connectivity index (χ2v) is 8.25. The van der Waals surface area contributed by atoms with Gasteiger partial charge in [-0.15, -0.1) is 0 Å². The Morgan fingerprint density at radius 3 is 2.35 bits per heavy atom. The van der Waals surface area contributed by atoms with Gasteiger partial charge in [0.15, 0.2) is 11.5 Å². The van der Waals surface area contributed by atoms with E-state index in [0.29, 0.717) is 43.3 Å². The lowest BCUT2D eigenvalue weighted by Gasteiger charge is -2.26. The third kappa shape index (κ3) is 4.39. The summed E-state index contributed by atoms with van der Waals surface area (Å²) in [6.45, 7) is 1.47. The molecule has 34 heavy (non-hydrogen) atoms. The Kier molecular flexibility index (Phi) is 6.29. The topological polar surface area (TPSA) is 64.8 Å². The van der Waals surface area contributed by atoms with Gasteiger partial charge in [-0.3, -0.25) is 4.79 Å². The average Bonchev–Trinajstić information content (AvgIpc) is 3.35. The fraction of sp³-hybridized carbons (Fsp3) is 0.214. The smallest absolute Gasteiger partial charge is 0.292 e. The third-order valence-corrected chi connectivity index (χ3v) is 6.05. The minimum atomic E-state index is -0.186. The zero-order chi connectivity index (χ0) is 23.3. The Labute approximate surface area is 198 Å². The summed E-state index contributed by atoms with van der Waals surface area (Å²) in [5.41, 5.74) is 3.78. The van der Waals surface area contributed by atoms with E-state index in [1.165, 1.54) is 0 Å². The van der Waals surface area contributed by atoms with Crippen LogP contribution in [0.15, 0.2) is 89.5 Å². The summed E-state index contributed by atoms with van der Waals surface area (Å²) in [5.74, 6) is 1.28. The van der Waals surface area contributed by atoms with Crippen molar-refractivity contribution in [2.45, 2.75) is 18.9 Å². The molecule has 0 unspecified atom stereocenters. The van der Waals surface area contributed by atoms with E-state index in [1.54, 1.807) is 18.1 Å². The van der Waals surface area contributed by atoms with E-state index < -0.39 is 0 Å². The highest BCUT2D eigenvalue weighted by Crippen LogP contribution is 2.34. The first-order chi connectivity index (χ1) is 16.7. The molecule has 1 amide bonds. The predicted octanol–water partition coefficient (Wildman–Crippen LogP) is 5.29. The number of benzene rings is 3. The van der Waals surface area contributed by atoms with Crippen molar-refractivity contribution in [3.63, 3.8) is 0 Å². The fourth-order valence-electron chi connectivity index (χ4n) is 4.40. The van der Waals surface area contributed by atoms with Crippen LogP contribution in [0.1, 0.15) is 45.3 Å². The number of para-hydroxylation sites is 1. The molecule has 0 aliphatic carbocycles. The zero-order valence-corrected chi connectivity index (χ0v) is 19.0. The van der Waals surface area contributed by atoms with E-state index in [9.17, 15) is 4.79 Å². The van der Waals surface area contributed by atoms with Gasteiger partial charge in [0, 0.05) is 24.7 Å². The first kappa shape index (κ1) is 21.8. The highest BCUT2D eigenvalue weighted by molar-refractivity contribution is 5.91. The number of aromatic nitrogens is 1. The zero-order valence-electron chi connectivity index (χ0n) is 19.0. The molecule has 4 aromatic rings. The molecule has 1 aromatic heterocycles. The van der Waals surface area contributed by atoms with Crippen LogP contribution in [-0.4, -0.2) is 36.2 Å². The first-order valence-corrected chi connectivity index (χ1v) is 11.4. The van der Waals surface area contributed by atoms with Crippen LogP contribution in [0.4, 0.5) is 0 Å². The number of carbonyl (C=O) groups excluding carboxylic acids is 1. The highest BCUT2D eigenvalue weighted by atomic mass is 16.5. The summed E-state index contributed by atoms with van der Waals surface area (Å²) in [6.07, 6.45) is 0.709. The lowest BCUT2D eigenvalue weighted by Crippen LogP contribution is -2.33. The molecule has 0 saturated carbocycles. The Hall–Kier alpha value is -4.06. The van der Waals surface area contributed by atoms with Gasteiger partial charge in [0.25, 0.3) is 5.91 Å². The summed E-state index contributed by atoms with van der Waals surface area (Å²) in [6, 6.07) is 27.8. The number of ether oxygens (including phenoxy) is 2. The van der Waals surface area contributed by atoms with Crippen LogP contribution in [0, 0.1) is 0 Å². The van der Waals surface area contributed by atoms with Gasteiger partial charge in [0.05, 0.1) is 25.3 Å².